The molecule has 0 aliphatic rings. The van der Waals surface area contributed by atoms with Gasteiger partial charge in [0.15, 0.2) is 0 Å². The summed E-state index contributed by atoms with van der Waals surface area (Å²) in [6, 6.07) is 1.36. The molecule has 2 rings (SSSR count). The highest BCUT2D eigenvalue weighted by molar-refractivity contribution is 6.31. The van der Waals surface area contributed by atoms with Crippen molar-refractivity contribution in [3.63, 3.8) is 0 Å². The largest absolute Gasteiger partial charge is 0.418 e. The summed E-state index contributed by atoms with van der Waals surface area (Å²) in [7, 11) is 1.74. The van der Waals surface area contributed by atoms with E-state index in [1.807, 2.05) is 6.92 Å². The van der Waals surface area contributed by atoms with Gasteiger partial charge in [0.05, 0.1) is 21.2 Å². The molecule has 130 valence electrons. The van der Waals surface area contributed by atoms with E-state index in [1.165, 1.54) is 0 Å². The van der Waals surface area contributed by atoms with E-state index in [2.05, 4.69) is 10.4 Å². The van der Waals surface area contributed by atoms with E-state index in [9.17, 15) is 23.3 Å². The molecule has 0 saturated heterocycles. The van der Waals surface area contributed by atoms with Crippen LogP contribution in [-0.2, 0) is 26.2 Å². The van der Waals surface area contributed by atoms with Crippen LogP contribution in [0.2, 0.25) is 5.02 Å². The molecule has 0 spiro atoms. The zero-order valence-corrected chi connectivity index (χ0v) is 13.6. The summed E-state index contributed by atoms with van der Waals surface area (Å²) < 4.78 is 40.1. The van der Waals surface area contributed by atoms with Crippen molar-refractivity contribution in [1.82, 2.24) is 9.78 Å². The second-order valence-electron chi connectivity index (χ2n) is 5.09. The lowest BCUT2D eigenvalue weighted by molar-refractivity contribution is -0.384. The minimum atomic E-state index is -4.76. The van der Waals surface area contributed by atoms with E-state index in [0.717, 1.165) is 17.3 Å². The molecule has 6 nitrogen and oxygen atoms in total. The Morgan fingerprint density at radius 3 is 2.62 bits per heavy atom. The second-order valence-corrected chi connectivity index (χ2v) is 5.49. The molecule has 1 heterocycles. The molecule has 0 saturated carbocycles. The number of nitro benzene ring substituents is 1. The van der Waals surface area contributed by atoms with Crippen molar-refractivity contribution in [1.29, 1.82) is 0 Å². The topological polar surface area (TPSA) is 73.0 Å². The fourth-order valence-electron chi connectivity index (χ4n) is 2.29. The van der Waals surface area contributed by atoms with Crippen molar-refractivity contribution in [3.05, 3.63) is 50.3 Å². The molecule has 0 fully saturated rings. The van der Waals surface area contributed by atoms with Crippen LogP contribution in [0.4, 0.5) is 24.5 Å². The third-order valence-corrected chi connectivity index (χ3v) is 3.70. The Hall–Kier alpha value is -2.29. The van der Waals surface area contributed by atoms with E-state index >= 15 is 0 Å². The van der Waals surface area contributed by atoms with E-state index in [1.54, 1.807) is 17.9 Å². The minimum absolute atomic E-state index is 0.0797. The summed E-state index contributed by atoms with van der Waals surface area (Å²) in [6.07, 6.45) is -2.36. The molecule has 0 radical (unpaired) electrons. The Kier molecular flexibility index (Phi) is 5.02. The SMILES string of the molecule is CCc1nn(C)cc1CNc1cc(Cl)c(C(F)(F)F)cc1[N+](=O)[O-]. The van der Waals surface area contributed by atoms with E-state index < -0.39 is 27.4 Å². The molecule has 2 aromatic rings. The van der Waals surface area contributed by atoms with Gasteiger partial charge < -0.3 is 5.32 Å². The molecule has 0 aliphatic carbocycles. The number of benzene rings is 1. The maximum absolute atomic E-state index is 12.8. The Bertz CT molecular complexity index is 774. The summed E-state index contributed by atoms with van der Waals surface area (Å²) in [4.78, 5) is 10.2. The fraction of sp³-hybridized carbons (Fsp3) is 0.357. The predicted molar refractivity (Wildman–Crippen MR) is 83.0 cm³/mol. The van der Waals surface area contributed by atoms with Crippen molar-refractivity contribution in [2.75, 3.05) is 5.32 Å². The summed E-state index contributed by atoms with van der Waals surface area (Å²) in [6.45, 7) is 2.09. The number of nitrogens with zero attached hydrogens (tertiary/aromatic N) is 3. The first-order valence-electron chi connectivity index (χ1n) is 6.93. The summed E-state index contributed by atoms with van der Waals surface area (Å²) in [5, 5.41) is 17.5. The van der Waals surface area contributed by atoms with Gasteiger partial charge in [0, 0.05) is 31.4 Å². The number of halogens is 4. The molecule has 10 heteroatoms. The molecule has 1 aromatic heterocycles. The van der Waals surface area contributed by atoms with Gasteiger partial charge in [-0.2, -0.15) is 18.3 Å². The standard InChI is InChI=1S/C14H14ClF3N4O2/c1-3-11-8(7-21(2)20-11)6-19-12-5-10(15)9(14(16,17)18)4-13(12)22(23)24/h4-5,7,19H,3,6H2,1-2H3. The van der Waals surface area contributed by atoms with Crippen molar-refractivity contribution in [3.8, 4) is 0 Å². The molecule has 24 heavy (non-hydrogen) atoms. The lowest BCUT2D eigenvalue weighted by atomic mass is 10.1. The van der Waals surface area contributed by atoms with Gasteiger partial charge in [-0.05, 0) is 12.5 Å². The monoisotopic (exact) mass is 362 g/mol. The van der Waals surface area contributed by atoms with Crippen LogP contribution in [0.1, 0.15) is 23.7 Å². The van der Waals surface area contributed by atoms with Crippen LogP contribution in [0.25, 0.3) is 0 Å². The normalized spacial score (nSPS) is 11.6. The fourth-order valence-corrected chi connectivity index (χ4v) is 2.56. The van der Waals surface area contributed by atoms with Crippen molar-refractivity contribution in [2.45, 2.75) is 26.1 Å². The van der Waals surface area contributed by atoms with Gasteiger partial charge in [0.1, 0.15) is 5.69 Å². The molecule has 1 aromatic carbocycles. The number of hydrogen-bond acceptors (Lipinski definition) is 4. The first kappa shape index (κ1) is 18.1. The van der Waals surface area contributed by atoms with Gasteiger partial charge in [0.25, 0.3) is 5.69 Å². The lowest BCUT2D eigenvalue weighted by Gasteiger charge is -2.12. The first-order valence-corrected chi connectivity index (χ1v) is 7.31. The smallest absolute Gasteiger partial charge is 0.375 e. The second kappa shape index (κ2) is 6.68. The quantitative estimate of drug-likeness (QED) is 0.639. The van der Waals surface area contributed by atoms with Crippen LogP contribution in [0, 0.1) is 10.1 Å². The highest BCUT2D eigenvalue weighted by Gasteiger charge is 2.36. The van der Waals surface area contributed by atoms with Crippen LogP contribution < -0.4 is 5.32 Å². The van der Waals surface area contributed by atoms with Crippen LogP contribution in [0.5, 0.6) is 0 Å². The number of aromatic nitrogens is 2. The van der Waals surface area contributed by atoms with Crippen LogP contribution >= 0.6 is 11.6 Å². The highest BCUT2D eigenvalue weighted by Crippen LogP contribution is 2.40. The number of nitro groups is 1. The van der Waals surface area contributed by atoms with Gasteiger partial charge in [-0.15, -0.1) is 0 Å². The molecule has 0 aliphatic heterocycles. The number of anilines is 1. The molecular formula is C14H14ClF3N4O2. The highest BCUT2D eigenvalue weighted by atomic mass is 35.5. The summed E-state index contributed by atoms with van der Waals surface area (Å²) in [5.41, 5.74) is -0.411. The van der Waals surface area contributed by atoms with E-state index in [0.29, 0.717) is 12.5 Å². The van der Waals surface area contributed by atoms with Crippen molar-refractivity contribution >= 4 is 23.0 Å². The van der Waals surface area contributed by atoms with Crippen LogP contribution in [-0.4, -0.2) is 14.7 Å². The first-order chi connectivity index (χ1) is 11.1. The average molecular weight is 363 g/mol. The Labute approximate surface area is 140 Å². The number of hydrogen-bond donors (Lipinski definition) is 1. The van der Waals surface area contributed by atoms with Gasteiger partial charge in [0.2, 0.25) is 0 Å². The van der Waals surface area contributed by atoms with Crippen molar-refractivity contribution in [2.24, 2.45) is 7.05 Å². The maximum atomic E-state index is 12.8. The number of rotatable bonds is 5. The molecule has 1 N–H and O–H groups in total. The molecule has 0 amide bonds. The number of alkyl halides is 3. The summed E-state index contributed by atoms with van der Waals surface area (Å²) in [5.74, 6) is 0. The third kappa shape index (κ3) is 3.78. The van der Waals surface area contributed by atoms with Crippen LogP contribution in [0.15, 0.2) is 18.3 Å². The van der Waals surface area contributed by atoms with E-state index in [-0.39, 0.29) is 12.2 Å². The molecule has 0 bridgehead atoms. The number of nitrogens with one attached hydrogen (secondary N) is 1. The van der Waals surface area contributed by atoms with Gasteiger partial charge in [-0.3, -0.25) is 14.8 Å². The zero-order valence-electron chi connectivity index (χ0n) is 12.8. The lowest BCUT2D eigenvalue weighted by Crippen LogP contribution is -2.09. The van der Waals surface area contributed by atoms with Gasteiger partial charge >= 0.3 is 6.18 Å². The Morgan fingerprint density at radius 1 is 1.42 bits per heavy atom. The Balaban J connectivity index is 2.36. The third-order valence-electron chi connectivity index (χ3n) is 3.38. The van der Waals surface area contributed by atoms with E-state index in [4.69, 9.17) is 11.6 Å². The van der Waals surface area contributed by atoms with Crippen molar-refractivity contribution < 1.29 is 18.1 Å². The van der Waals surface area contributed by atoms with Gasteiger partial charge in [-0.25, -0.2) is 0 Å². The summed E-state index contributed by atoms with van der Waals surface area (Å²) >= 11 is 5.64. The molecule has 0 atom stereocenters. The zero-order chi connectivity index (χ0) is 18.1. The van der Waals surface area contributed by atoms with Crippen LogP contribution in [0.3, 0.4) is 0 Å². The minimum Gasteiger partial charge on any atom is -0.375 e. The maximum Gasteiger partial charge on any atom is 0.418 e. The molecule has 0 unspecified atom stereocenters. The molecular weight excluding hydrogens is 349 g/mol. The van der Waals surface area contributed by atoms with Gasteiger partial charge in [-0.1, -0.05) is 18.5 Å². The number of aryl methyl sites for hydroxylation is 2. The predicted octanol–water partition coefficient (Wildman–Crippen LogP) is 4.18. The average Bonchev–Trinajstić information content (AvgIpc) is 2.83. The Morgan fingerprint density at radius 2 is 2.08 bits per heavy atom.